The molecule has 1 atom stereocenters. The number of likely N-dealkylation sites (tertiary alicyclic amines) is 1. The summed E-state index contributed by atoms with van der Waals surface area (Å²) in [6.45, 7) is 4.14. The molecule has 0 aliphatic carbocycles. The van der Waals surface area contributed by atoms with Crippen molar-refractivity contribution in [2.45, 2.75) is 26.0 Å². The van der Waals surface area contributed by atoms with Gasteiger partial charge in [0.1, 0.15) is 10.8 Å². The zero-order valence-corrected chi connectivity index (χ0v) is 22.6. The van der Waals surface area contributed by atoms with E-state index in [1.807, 2.05) is 57.1 Å². The predicted molar refractivity (Wildman–Crippen MR) is 140 cm³/mol. The number of Topliss-reactive ketones (excluding diaryl/α,β-unsaturated/α-hetero) is 1. The molecular weight excluding hydrogens is 507 g/mol. The summed E-state index contributed by atoms with van der Waals surface area (Å²) in [5, 5.41) is 11.6. The average Bonchev–Trinajstić information content (AvgIpc) is 3.08. The Morgan fingerprint density at radius 2 is 1.69 bits per heavy atom. The molecule has 0 aromatic heterocycles. The highest BCUT2D eigenvalue weighted by Gasteiger charge is 2.46. The van der Waals surface area contributed by atoms with Gasteiger partial charge in [0, 0.05) is 26.3 Å². The van der Waals surface area contributed by atoms with Crippen LogP contribution >= 0.6 is 23.2 Å². The second kappa shape index (κ2) is 11.4. The minimum Gasteiger partial charge on any atom is -0.507 e. The maximum Gasteiger partial charge on any atom is 0.295 e. The highest BCUT2D eigenvalue weighted by Crippen LogP contribution is 2.47. The molecule has 1 saturated heterocycles. The minimum absolute atomic E-state index is 0.0282. The summed E-state index contributed by atoms with van der Waals surface area (Å²) in [5.74, 6) is -1.80. The monoisotopic (exact) mass is 536 g/mol. The normalized spacial score (nSPS) is 17.1. The van der Waals surface area contributed by atoms with Crippen LogP contribution in [0.3, 0.4) is 0 Å². The first-order valence-corrected chi connectivity index (χ1v) is 12.1. The van der Waals surface area contributed by atoms with Crippen molar-refractivity contribution < 1.29 is 28.9 Å². The van der Waals surface area contributed by atoms with Crippen LogP contribution in [-0.2, 0) is 14.3 Å². The van der Waals surface area contributed by atoms with Crippen molar-refractivity contribution in [3.8, 4) is 11.5 Å². The lowest BCUT2D eigenvalue weighted by atomic mass is 9.94. The molecule has 8 nitrogen and oxygen atoms in total. The van der Waals surface area contributed by atoms with Crippen LogP contribution in [0.4, 0.5) is 5.69 Å². The van der Waals surface area contributed by atoms with Gasteiger partial charge in [0.15, 0.2) is 11.5 Å². The number of ether oxygens (including phenoxy) is 3. The van der Waals surface area contributed by atoms with Gasteiger partial charge in [-0.3, -0.25) is 9.59 Å². The Morgan fingerprint density at radius 1 is 1.08 bits per heavy atom. The van der Waals surface area contributed by atoms with Crippen LogP contribution in [0.15, 0.2) is 35.9 Å². The number of aliphatic hydroxyl groups excluding tert-OH is 1. The Labute approximate surface area is 220 Å². The highest BCUT2D eigenvalue weighted by atomic mass is 35.5. The van der Waals surface area contributed by atoms with Crippen molar-refractivity contribution >= 4 is 46.3 Å². The third-order valence-corrected chi connectivity index (χ3v) is 6.47. The number of hydrogen-bond acceptors (Lipinski definition) is 7. The van der Waals surface area contributed by atoms with Crippen LogP contribution in [0.1, 0.15) is 31.0 Å². The van der Waals surface area contributed by atoms with Gasteiger partial charge in [-0.2, -0.15) is 0 Å². The standard InChI is InChI=1S/C26H30Cl2N2O6/c1-14(2)36-12-11-30-21(15-7-9-16(10-8-15)29(3)4)19(23(32)26(30)33)22(31)17-13-18(27)25(35-6)20(28)24(17)34-5/h7-10,13-14,21,31H,11-12H2,1-6H3/b22-19+. The van der Waals surface area contributed by atoms with Crippen LogP contribution in [0.5, 0.6) is 11.5 Å². The molecule has 10 heteroatoms. The van der Waals surface area contributed by atoms with Gasteiger partial charge in [-0.1, -0.05) is 35.3 Å². The number of hydrogen-bond donors (Lipinski definition) is 1. The molecule has 2 aromatic rings. The number of ketones is 1. The van der Waals surface area contributed by atoms with Gasteiger partial charge in [-0.05, 0) is 37.6 Å². The molecule has 0 radical (unpaired) electrons. The van der Waals surface area contributed by atoms with E-state index in [0.29, 0.717) is 5.56 Å². The molecule has 0 spiro atoms. The van der Waals surface area contributed by atoms with Crippen molar-refractivity contribution in [2.75, 3.05) is 46.4 Å². The van der Waals surface area contributed by atoms with E-state index in [0.717, 1.165) is 5.69 Å². The second-order valence-corrected chi connectivity index (χ2v) is 9.47. The third kappa shape index (κ3) is 5.26. The van der Waals surface area contributed by atoms with Crippen molar-refractivity contribution in [1.29, 1.82) is 0 Å². The zero-order chi connectivity index (χ0) is 26.7. The number of halogens is 2. The molecular formula is C26H30Cl2N2O6. The molecule has 1 amide bonds. The van der Waals surface area contributed by atoms with E-state index >= 15 is 0 Å². The first-order chi connectivity index (χ1) is 17.0. The molecule has 1 aliphatic rings. The maximum absolute atomic E-state index is 13.3. The van der Waals surface area contributed by atoms with E-state index < -0.39 is 23.5 Å². The molecule has 1 unspecified atom stereocenters. The quantitative estimate of drug-likeness (QED) is 0.276. The van der Waals surface area contributed by atoms with Crippen LogP contribution < -0.4 is 14.4 Å². The van der Waals surface area contributed by atoms with E-state index in [2.05, 4.69) is 0 Å². The van der Waals surface area contributed by atoms with Gasteiger partial charge in [-0.15, -0.1) is 0 Å². The van der Waals surface area contributed by atoms with Gasteiger partial charge < -0.3 is 29.1 Å². The van der Waals surface area contributed by atoms with Crippen molar-refractivity contribution in [1.82, 2.24) is 4.90 Å². The number of aliphatic hydroxyl groups is 1. The Kier molecular flexibility index (Phi) is 8.76. The van der Waals surface area contributed by atoms with Gasteiger partial charge in [0.25, 0.3) is 11.7 Å². The second-order valence-electron chi connectivity index (χ2n) is 8.68. The summed E-state index contributed by atoms with van der Waals surface area (Å²) in [6.07, 6.45) is -0.0486. The number of benzene rings is 2. The number of methoxy groups -OCH3 is 2. The molecule has 1 aliphatic heterocycles. The van der Waals surface area contributed by atoms with Gasteiger partial charge >= 0.3 is 0 Å². The number of rotatable bonds is 9. The Bertz CT molecular complexity index is 1180. The van der Waals surface area contributed by atoms with Gasteiger partial charge in [0.2, 0.25) is 0 Å². The van der Waals surface area contributed by atoms with Crippen molar-refractivity contribution in [3.63, 3.8) is 0 Å². The number of anilines is 1. The van der Waals surface area contributed by atoms with E-state index in [-0.39, 0.29) is 51.9 Å². The Morgan fingerprint density at radius 3 is 2.22 bits per heavy atom. The Hall–Kier alpha value is -2.94. The third-order valence-electron chi connectivity index (χ3n) is 5.84. The highest BCUT2D eigenvalue weighted by molar-refractivity contribution is 6.47. The number of amides is 1. The molecule has 0 bridgehead atoms. The molecule has 36 heavy (non-hydrogen) atoms. The van der Waals surface area contributed by atoms with Gasteiger partial charge in [-0.25, -0.2) is 0 Å². The topological polar surface area (TPSA) is 88.5 Å². The smallest absolute Gasteiger partial charge is 0.295 e. The van der Waals surface area contributed by atoms with Crippen molar-refractivity contribution in [3.05, 3.63) is 57.1 Å². The lowest BCUT2D eigenvalue weighted by Gasteiger charge is -2.26. The SMILES string of the molecule is COc1c(Cl)cc(/C(O)=C2\C(=O)C(=O)N(CCOC(C)C)C2c2ccc(N(C)C)cc2)c(OC)c1Cl. The molecule has 194 valence electrons. The molecule has 2 aromatic carbocycles. The summed E-state index contributed by atoms with van der Waals surface area (Å²) in [7, 11) is 6.58. The van der Waals surface area contributed by atoms with E-state index in [9.17, 15) is 14.7 Å². The summed E-state index contributed by atoms with van der Waals surface area (Å²) < 4.78 is 16.3. The first kappa shape index (κ1) is 27.6. The van der Waals surface area contributed by atoms with Crippen LogP contribution in [0.25, 0.3) is 5.76 Å². The molecule has 1 fully saturated rings. The summed E-state index contributed by atoms with van der Waals surface area (Å²) >= 11 is 12.7. The van der Waals surface area contributed by atoms with Crippen molar-refractivity contribution in [2.24, 2.45) is 0 Å². The molecule has 1 heterocycles. The Balaban J connectivity index is 2.22. The minimum atomic E-state index is -0.860. The number of carbonyl (C=O) groups is 2. The number of nitrogens with zero attached hydrogens (tertiary/aromatic N) is 2. The van der Waals surface area contributed by atoms with Gasteiger partial charge in [0.05, 0.1) is 49.1 Å². The van der Waals surface area contributed by atoms with E-state index in [4.69, 9.17) is 37.4 Å². The summed E-state index contributed by atoms with van der Waals surface area (Å²) in [5.41, 5.74) is 1.56. The number of carbonyl (C=O) groups excluding carboxylic acids is 2. The average molecular weight is 537 g/mol. The van der Waals surface area contributed by atoms with Crippen LogP contribution in [-0.4, -0.2) is 69.3 Å². The maximum atomic E-state index is 13.3. The summed E-state index contributed by atoms with van der Waals surface area (Å²) in [6, 6.07) is 7.92. The fraction of sp³-hybridized carbons (Fsp3) is 0.385. The molecule has 0 saturated carbocycles. The van der Waals surface area contributed by atoms with E-state index in [1.165, 1.54) is 25.2 Å². The largest absolute Gasteiger partial charge is 0.507 e. The molecule has 3 rings (SSSR count). The van der Waals surface area contributed by atoms with Crippen LogP contribution in [0.2, 0.25) is 10.0 Å². The summed E-state index contributed by atoms with van der Waals surface area (Å²) in [4.78, 5) is 29.8. The lowest BCUT2D eigenvalue weighted by Crippen LogP contribution is -2.33. The fourth-order valence-corrected chi connectivity index (χ4v) is 4.78. The van der Waals surface area contributed by atoms with E-state index in [1.54, 1.807) is 0 Å². The first-order valence-electron chi connectivity index (χ1n) is 11.3. The zero-order valence-electron chi connectivity index (χ0n) is 21.1. The lowest BCUT2D eigenvalue weighted by molar-refractivity contribution is -0.140. The fourth-order valence-electron chi connectivity index (χ4n) is 4.09. The van der Waals surface area contributed by atoms with Crippen LogP contribution in [0, 0.1) is 0 Å². The molecule has 1 N–H and O–H groups in total. The predicted octanol–water partition coefficient (Wildman–Crippen LogP) is 4.92.